The standard InChI is InChI=1S/C15H32S2/c1-12(2)14(5,6)10-9-11-16-17-15(7,8)13(3)4/h12-13H,9-11H2,1-8H3. The van der Waals surface area contributed by atoms with Gasteiger partial charge in [0, 0.05) is 10.5 Å². The van der Waals surface area contributed by atoms with Crippen molar-refractivity contribution in [3.05, 3.63) is 0 Å². The first-order chi connectivity index (χ1) is 7.59. The zero-order valence-corrected chi connectivity index (χ0v) is 14.7. The zero-order chi connectivity index (χ0) is 13.7. The fourth-order valence-corrected chi connectivity index (χ4v) is 4.10. The third-order valence-electron chi connectivity index (χ3n) is 4.28. The molecule has 0 atom stereocenters. The van der Waals surface area contributed by atoms with Crippen LogP contribution in [0.2, 0.25) is 0 Å². The molecule has 0 bridgehead atoms. The van der Waals surface area contributed by atoms with E-state index in [0.29, 0.717) is 10.2 Å². The summed E-state index contributed by atoms with van der Waals surface area (Å²) in [7, 11) is 4.12. The SMILES string of the molecule is CC(C)C(C)(C)CCCSSC(C)(C)C(C)C. The summed E-state index contributed by atoms with van der Waals surface area (Å²) in [5.74, 6) is 2.82. The minimum Gasteiger partial charge on any atom is -0.0936 e. The molecule has 0 rings (SSSR count). The normalized spacial score (nSPS) is 13.8. The molecule has 0 N–H and O–H groups in total. The monoisotopic (exact) mass is 276 g/mol. The van der Waals surface area contributed by atoms with Gasteiger partial charge in [0.15, 0.2) is 0 Å². The van der Waals surface area contributed by atoms with Crippen molar-refractivity contribution < 1.29 is 0 Å². The second-order valence-electron chi connectivity index (χ2n) is 6.91. The van der Waals surface area contributed by atoms with Crippen molar-refractivity contribution in [2.45, 2.75) is 73.0 Å². The summed E-state index contributed by atoms with van der Waals surface area (Å²) in [6.45, 7) is 18.8. The van der Waals surface area contributed by atoms with E-state index in [9.17, 15) is 0 Å². The maximum Gasteiger partial charge on any atom is 0.0230 e. The highest BCUT2D eigenvalue weighted by Crippen LogP contribution is 2.41. The lowest BCUT2D eigenvalue weighted by Gasteiger charge is -2.30. The highest BCUT2D eigenvalue weighted by atomic mass is 33.1. The average Bonchev–Trinajstić information content (AvgIpc) is 2.16. The summed E-state index contributed by atoms with van der Waals surface area (Å²) in [4.78, 5) is 0. The van der Waals surface area contributed by atoms with Crippen molar-refractivity contribution in [3.8, 4) is 0 Å². The van der Waals surface area contributed by atoms with Gasteiger partial charge >= 0.3 is 0 Å². The Morgan fingerprint density at radius 1 is 0.882 bits per heavy atom. The van der Waals surface area contributed by atoms with Gasteiger partial charge in [-0.3, -0.25) is 0 Å². The van der Waals surface area contributed by atoms with Crippen LogP contribution in [0.1, 0.15) is 68.2 Å². The van der Waals surface area contributed by atoms with Crippen molar-refractivity contribution in [3.63, 3.8) is 0 Å². The van der Waals surface area contributed by atoms with Crippen LogP contribution in [0.5, 0.6) is 0 Å². The summed E-state index contributed by atoms with van der Waals surface area (Å²) in [6.07, 6.45) is 2.69. The number of rotatable bonds is 8. The molecule has 0 aromatic carbocycles. The van der Waals surface area contributed by atoms with E-state index in [4.69, 9.17) is 0 Å². The molecule has 0 nitrogen and oxygen atoms in total. The Balaban J connectivity index is 3.74. The molecule has 0 aliphatic carbocycles. The summed E-state index contributed by atoms with van der Waals surface area (Å²) < 4.78 is 0.401. The van der Waals surface area contributed by atoms with Crippen LogP contribution < -0.4 is 0 Å². The molecule has 2 heteroatoms. The first kappa shape index (κ1) is 17.7. The molecule has 0 fully saturated rings. The Bertz CT molecular complexity index is 183. The largest absolute Gasteiger partial charge is 0.0936 e. The van der Waals surface area contributed by atoms with Crippen molar-refractivity contribution in [1.29, 1.82) is 0 Å². The van der Waals surface area contributed by atoms with Gasteiger partial charge < -0.3 is 0 Å². The predicted molar refractivity (Wildman–Crippen MR) is 86.8 cm³/mol. The lowest BCUT2D eigenvalue weighted by molar-refractivity contribution is 0.228. The Labute approximate surface area is 117 Å². The second-order valence-corrected chi connectivity index (χ2v) is 9.98. The van der Waals surface area contributed by atoms with Crippen molar-refractivity contribution in [2.24, 2.45) is 17.3 Å². The summed E-state index contributed by atoms with van der Waals surface area (Å²) in [5, 5.41) is 0. The van der Waals surface area contributed by atoms with Crippen LogP contribution in [0.4, 0.5) is 0 Å². The summed E-state index contributed by atoms with van der Waals surface area (Å²) in [5.41, 5.74) is 0.499. The first-order valence-corrected chi connectivity index (χ1v) is 9.22. The molecule has 104 valence electrons. The predicted octanol–water partition coefficient (Wildman–Crippen LogP) is 6.26. The zero-order valence-electron chi connectivity index (χ0n) is 13.1. The molecule has 0 heterocycles. The van der Waals surface area contributed by atoms with Gasteiger partial charge in [0.2, 0.25) is 0 Å². The molecular formula is C15H32S2. The van der Waals surface area contributed by atoms with Gasteiger partial charge in [0.25, 0.3) is 0 Å². The fourth-order valence-electron chi connectivity index (χ4n) is 1.17. The van der Waals surface area contributed by atoms with Gasteiger partial charge in [-0.2, -0.15) is 0 Å². The van der Waals surface area contributed by atoms with Crippen molar-refractivity contribution in [1.82, 2.24) is 0 Å². The van der Waals surface area contributed by atoms with Crippen LogP contribution in [0, 0.1) is 17.3 Å². The lowest BCUT2D eigenvalue weighted by Crippen LogP contribution is -2.21. The molecule has 0 aromatic heterocycles. The van der Waals surface area contributed by atoms with E-state index in [2.05, 4.69) is 77.0 Å². The first-order valence-electron chi connectivity index (χ1n) is 6.90. The van der Waals surface area contributed by atoms with Gasteiger partial charge in [-0.25, -0.2) is 0 Å². The summed E-state index contributed by atoms with van der Waals surface area (Å²) in [6, 6.07) is 0. The smallest absolute Gasteiger partial charge is 0.0230 e. The molecule has 0 saturated carbocycles. The van der Waals surface area contributed by atoms with E-state index < -0.39 is 0 Å². The number of hydrogen-bond donors (Lipinski definition) is 0. The quantitative estimate of drug-likeness (QED) is 0.379. The van der Waals surface area contributed by atoms with E-state index in [1.807, 2.05) is 0 Å². The Morgan fingerprint density at radius 2 is 1.41 bits per heavy atom. The van der Waals surface area contributed by atoms with Crippen LogP contribution in [-0.2, 0) is 0 Å². The molecule has 17 heavy (non-hydrogen) atoms. The molecule has 0 amide bonds. The van der Waals surface area contributed by atoms with Crippen LogP contribution >= 0.6 is 21.6 Å². The van der Waals surface area contributed by atoms with E-state index in [0.717, 1.165) is 11.8 Å². The molecular weight excluding hydrogens is 244 g/mol. The minimum absolute atomic E-state index is 0.401. The van der Waals surface area contributed by atoms with Crippen LogP contribution in [-0.4, -0.2) is 10.5 Å². The Kier molecular flexibility index (Phi) is 7.63. The van der Waals surface area contributed by atoms with Gasteiger partial charge in [-0.15, -0.1) is 0 Å². The van der Waals surface area contributed by atoms with E-state index in [1.54, 1.807) is 0 Å². The fraction of sp³-hybridized carbons (Fsp3) is 1.00. The van der Waals surface area contributed by atoms with Crippen LogP contribution in [0.3, 0.4) is 0 Å². The van der Waals surface area contributed by atoms with Gasteiger partial charge in [-0.1, -0.05) is 63.1 Å². The summed E-state index contributed by atoms with van der Waals surface area (Å²) >= 11 is 0. The molecule has 0 aliphatic heterocycles. The maximum atomic E-state index is 2.40. The van der Waals surface area contributed by atoms with Gasteiger partial charge in [0.1, 0.15) is 0 Å². The lowest BCUT2D eigenvalue weighted by atomic mass is 9.78. The van der Waals surface area contributed by atoms with Gasteiger partial charge in [-0.05, 0) is 43.9 Å². The van der Waals surface area contributed by atoms with E-state index >= 15 is 0 Å². The number of hydrogen-bond acceptors (Lipinski definition) is 2. The molecule has 0 aromatic rings. The second kappa shape index (κ2) is 7.33. The Hall–Kier alpha value is 0.700. The minimum atomic E-state index is 0.401. The third kappa shape index (κ3) is 7.00. The highest BCUT2D eigenvalue weighted by molar-refractivity contribution is 8.77. The topological polar surface area (TPSA) is 0 Å². The maximum absolute atomic E-state index is 2.40. The Morgan fingerprint density at radius 3 is 1.82 bits per heavy atom. The van der Waals surface area contributed by atoms with Crippen LogP contribution in [0.15, 0.2) is 0 Å². The molecule has 0 unspecified atom stereocenters. The third-order valence-corrected chi connectivity index (χ3v) is 7.89. The van der Waals surface area contributed by atoms with E-state index in [1.165, 1.54) is 18.6 Å². The molecule has 0 radical (unpaired) electrons. The molecule has 0 saturated heterocycles. The van der Waals surface area contributed by atoms with Gasteiger partial charge in [0.05, 0.1) is 0 Å². The van der Waals surface area contributed by atoms with Crippen molar-refractivity contribution in [2.75, 3.05) is 5.75 Å². The van der Waals surface area contributed by atoms with E-state index in [-0.39, 0.29) is 0 Å². The van der Waals surface area contributed by atoms with Crippen LogP contribution in [0.25, 0.3) is 0 Å². The average molecular weight is 277 g/mol. The highest BCUT2D eigenvalue weighted by Gasteiger charge is 2.24. The molecule has 0 spiro atoms. The molecule has 0 aliphatic rings. The van der Waals surface area contributed by atoms with Crippen molar-refractivity contribution >= 4 is 21.6 Å².